The van der Waals surface area contributed by atoms with E-state index in [1.165, 1.54) is 6.07 Å². The summed E-state index contributed by atoms with van der Waals surface area (Å²) in [6.07, 6.45) is 2.49. The quantitative estimate of drug-likeness (QED) is 0.379. The summed E-state index contributed by atoms with van der Waals surface area (Å²) in [4.78, 5) is 6.15. The zero-order chi connectivity index (χ0) is 19.5. The van der Waals surface area contributed by atoms with Crippen LogP contribution in [0, 0.1) is 5.82 Å². The highest BCUT2D eigenvalue weighted by atomic mass is 19.1. The second kappa shape index (κ2) is 11.4. The first-order valence-corrected chi connectivity index (χ1v) is 9.05. The number of ether oxygens (including phenoxy) is 1. The van der Waals surface area contributed by atoms with Gasteiger partial charge in [0.1, 0.15) is 18.2 Å². The topological polar surface area (TPSA) is 62.0 Å². The van der Waals surface area contributed by atoms with Gasteiger partial charge in [-0.2, -0.15) is 0 Å². The summed E-state index contributed by atoms with van der Waals surface area (Å²) in [5, 5.41) is 6.49. The molecule has 148 valence electrons. The first kappa shape index (κ1) is 20.9. The molecule has 0 aliphatic carbocycles. The molecule has 2 rings (SSSR count). The number of nitrogens with one attached hydrogen (secondary N) is 2. The van der Waals surface area contributed by atoms with Crippen molar-refractivity contribution in [1.82, 2.24) is 15.5 Å². The monoisotopic (exact) mass is 376 g/mol. The van der Waals surface area contributed by atoms with Gasteiger partial charge in [-0.3, -0.25) is 4.99 Å². The summed E-state index contributed by atoms with van der Waals surface area (Å²) >= 11 is 0. The predicted molar refractivity (Wildman–Crippen MR) is 105 cm³/mol. The SMILES string of the molecule is CN=C(NCCCOCc1ccco1)NCc1ccc(F)c(CN(C)C)c1. The van der Waals surface area contributed by atoms with Crippen LogP contribution in [0.2, 0.25) is 0 Å². The minimum Gasteiger partial charge on any atom is -0.467 e. The van der Waals surface area contributed by atoms with E-state index in [1.807, 2.05) is 37.2 Å². The van der Waals surface area contributed by atoms with Gasteiger partial charge in [0, 0.05) is 38.9 Å². The van der Waals surface area contributed by atoms with E-state index in [9.17, 15) is 4.39 Å². The third-order valence-corrected chi connectivity index (χ3v) is 3.86. The molecule has 7 heteroatoms. The molecule has 0 bridgehead atoms. The third-order valence-electron chi connectivity index (χ3n) is 3.86. The summed E-state index contributed by atoms with van der Waals surface area (Å²) in [7, 11) is 5.58. The molecular formula is C20H29FN4O2. The van der Waals surface area contributed by atoms with Gasteiger partial charge in [-0.25, -0.2) is 4.39 Å². The highest BCUT2D eigenvalue weighted by molar-refractivity contribution is 5.79. The number of aliphatic imine (C=N–C) groups is 1. The molecular weight excluding hydrogens is 347 g/mol. The molecule has 0 spiro atoms. The molecule has 6 nitrogen and oxygen atoms in total. The molecule has 0 amide bonds. The zero-order valence-corrected chi connectivity index (χ0v) is 16.3. The van der Waals surface area contributed by atoms with Gasteiger partial charge >= 0.3 is 0 Å². The van der Waals surface area contributed by atoms with E-state index in [0.717, 1.165) is 24.3 Å². The van der Waals surface area contributed by atoms with Gasteiger partial charge in [-0.05, 0) is 50.3 Å². The van der Waals surface area contributed by atoms with E-state index in [1.54, 1.807) is 19.4 Å². The number of nitrogens with zero attached hydrogens (tertiary/aromatic N) is 2. The maximum atomic E-state index is 13.9. The van der Waals surface area contributed by atoms with Crippen molar-refractivity contribution < 1.29 is 13.5 Å². The molecule has 2 N–H and O–H groups in total. The van der Waals surface area contributed by atoms with Crippen LogP contribution in [-0.2, 0) is 24.4 Å². The number of guanidine groups is 1. The molecule has 0 aliphatic rings. The van der Waals surface area contributed by atoms with E-state index < -0.39 is 0 Å². The summed E-state index contributed by atoms with van der Waals surface area (Å²) in [6, 6.07) is 8.93. The van der Waals surface area contributed by atoms with E-state index in [0.29, 0.717) is 37.8 Å². The molecule has 0 fully saturated rings. The van der Waals surface area contributed by atoms with Gasteiger partial charge in [0.15, 0.2) is 5.96 Å². The average Bonchev–Trinajstić information content (AvgIpc) is 3.16. The molecule has 0 saturated carbocycles. The van der Waals surface area contributed by atoms with Crippen LogP contribution in [0.4, 0.5) is 4.39 Å². The molecule has 0 unspecified atom stereocenters. The van der Waals surface area contributed by atoms with Crippen molar-refractivity contribution in [2.75, 3.05) is 34.3 Å². The van der Waals surface area contributed by atoms with Gasteiger partial charge in [0.2, 0.25) is 0 Å². The van der Waals surface area contributed by atoms with Crippen molar-refractivity contribution in [1.29, 1.82) is 0 Å². The lowest BCUT2D eigenvalue weighted by Crippen LogP contribution is -2.37. The van der Waals surface area contributed by atoms with Crippen molar-refractivity contribution in [3.05, 3.63) is 59.3 Å². The molecule has 0 aliphatic heterocycles. The molecule has 1 aromatic carbocycles. The summed E-state index contributed by atoms with van der Waals surface area (Å²) < 4.78 is 24.6. The van der Waals surface area contributed by atoms with Gasteiger partial charge in [0.05, 0.1) is 6.26 Å². The zero-order valence-electron chi connectivity index (χ0n) is 16.3. The van der Waals surface area contributed by atoms with E-state index in [2.05, 4.69) is 15.6 Å². The normalized spacial score (nSPS) is 11.8. The lowest BCUT2D eigenvalue weighted by Gasteiger charge is -2.14. The molecule has 0 saturated heterocycles. The van der Waals surface area contributed by atoms with Crippen LogP contribution in [0.15, 0.2) is 46.0 Å². The Morgan fingerprint density at radius 2 is 2.11 bits per heavy atom. The highest BCUT2D eigenvalue weighted by Crippen LogP contribution is 2.12. The molecule has 2 aromatic rings. The number of halogens is 1. The fraction of sp³-hybridized carbons (Fsp3) is 0.450. The summed E-state index contributed by atoms with van der Waals surface area (Å²) in [5.41, 5.74) is 1.70. The van der Waals surface area contributed by atoms with Crippen molar-refractivity contribution >= 4 is 5.96 Å². The summed E-state index contributed by atoms with van der Waals surface area (Å²) in [6.45, 7) is 3.02. The van der Waals surface area contributed by atoms with Crippen molar-refractivity contribution in [2.24, 2.45) is 4.99 Å². The number of hydrogen-bond donors (Lipinski definition) is 2. The smallest absolute Gasteiger partial charge is 0.191 e. The van der Waals surface area contributed by atoms with E-state index in [4.69, 9.17) is 9.15 Å². The highest BCUT2D eigenvalue weighted by Gasteiger charge is 2.06. The first-order chi connectivity index (χ1) is 13.1. The summed E-state index contributed by atoms with van der Waals surface area (Å²) in [5.74, 6) is 1.36. The molecule has 27 heavy (non-hydrogen) atoms. The van der Waals surface area contributed by atoms with Crippen molar-refractivity contribution in [3.63, 3.8) is 0 Å². The maximum absolute atomic E-state index is 13.9. The van der Waals surface area contributed by atoms with Crippen molar-refractivity contribution in [2.45, 2.75) is 26.1 Å². The Kier molecular flexibility index (Phi) is 8.80. The Balaban J connectivity index is 1.67. The second-order valence-corrected chi connectivity index (χ2v) is 6.50. The minimum absolute atomic E-state index is 0.176. The second-order valence-electron chi connectivity index (χ2n) is 6.50. The number of rotatable bonds is 10. The third kappa shape index (κ3) is 7.80. The Morgan fingerprint density at radius 3 is 2.81 bits per heavy atom. The Hall–Kier alpha value is -2.38. The van der Waals surface area contributed by atoms with Crippen LogP contribution in [0.25, 0.3) is 0 Å². The van der Waals surface area contributed by atoms with Gasteiger partial charge in [-0.1, -0.05) is 6.07 Å². The molecule has 0 radical (unpaired) electrons. The van der Waals surface area contributed by atoms with E-state index >= 15 is 0 Å². The van der Waals surface area contributed by atoms with Crippen molar-refractivity contribution in [3.8, 4) is 0 Å². The van der Waals surface area contributed by atoms with Crippen LogP contribution in [0.1, 0.15) is 23.3 Å². The fourth-order valence-corrected chi connectivity index (χ4v) is 2.55. The average molecular weight is 376 g/mol. The molecule has 1 aromatic heterocycles. The van der Waals surface area contributed by atoms with Crippen LogP contribution in [0.3, 0.4) is 0 Å². The molecule has 0 atom stereocenters. The standard InChI is InChI=1S/C20H29FN4O2/c1-22-20(23-9-5-10-26-15-18-6-4-11-27-18)24-13-16-7-8-19(21)17(12-16)14-25(2)3/h4,6-8,11-12H,5,9-10,13-15H2,1-3H3,(H2,22,23,24). The van der Waals surface area contributed by atoms with Crippen LogP contribution in [-0.4, -0.2) is 45.2 Å². The lowest BCUT2D eigenvalue weighted by atomic mass is 10.1. The first-order valence-electron chi connectivity index (χ1n) is 9.05. The van der Waals surface area contributed by atoms with Gasteiger partial charge in [0.25, 0.3) is 0 Å². The Morgan fingerprint density at radius 1 is 1.26 bits per heavy atom. The van der Waals surface area contributed by atoms with Crippen LogP contribution >= 0.6 is 0 Å². The number of furan rings is 1. The predicted octanol–water partition coefficient (Wildman–Crippen LogP) is 2.75. The van der Waals surface area contributed by atoms with Crippen LogP contribution in [0.5, 0.6) is 0 Å². The Bertz CT molecular complexity index is 702. The fourth-order valence-electron chi connectivity index (χ4n) is 2.55. The molecule has 1 heterocycles. The largest absolute Gasteiger partial charge is 0.467 e. The number of hydrogen-bond acceptors (Lipinski definition) is 4. The minimum atomic E-state index is -0.176. The van der Waals surface area contributed by atoms with Gasteiger partial charge in [-0.15, -0.1) is 0 Å². The lowest BCUT2D eigenvalue weighted by molar-refractivity contribution is 0.105. The van der Waals surface area contributed by atoms with Gasteiger partial charge < -0.3 is 24.7 Å². The van der Waals surface area contributed by atoms with E-state index in [-0.39, 0.29) is 5.82 Å². The Labute approximate surface area is 160 Å². The number of benzene rings is 1. The maximum Gasteiger partial charge on any atom is 0.191 e. The van der Waals surface area contributed by atoms with Crippen LogP contribution < -0.4 is 10.6 Å².